The van der Waals surface area contributed by atoms with Crippen LogP contribution >= 0.6 is 11.3 Å². The Hall–Kier alpha value is -1.47. The summed E-state index contributed by atoms with van der Waals surface area (Å²) in [5.74, 6) is 0.120. The van der Waals surface area contributed by atoms with Gasteiger partial charge in [-0.15, -0.1) is 0 Å². The van der Waals surface area contributed by atoms with E-state index in [1.54, 1.807) is 11.4 Å². The molecule has 6 nitrogen and oxygen atoms in total. The smallest absolute Gasteiger partial charge is 0.324 e. The predicted molar refractivity (Wildman–Crippen MR) is 77.7 cm³/mol. The van der Waals surface area contributed by atoms with Crippen LogP contribution in [0.3, 0.4) is 0 Å². The SMILES string of the molecule is CC(NCc1csc([N+](=O)[O-])c1)C(=O)N1CCCCC1. The topological polar surface area (TPSA) is 75.5 Å². The molecule has 1 fully saturated rings. The number of carbonyl (C=O) groups is 1. The summed E-state index contributed by atoms with van der Waals surface area (Å²) in [4.78, 5) is 24.3. The van der Waals surface area contributed by atoms with Gasteiger partial charge in [0, 0.05) is 31.1 Å². The maximum atomic E-state index is 12.2. The third kappa shape index (κ3) is 3.77. The maximum absolute atomic E-state index is 12.2. The Morgan fingerprint density at radius 2 is 2.20 bits per heavy atom. The number of nitro groups is 1. The van der Waals surface area contributed by atoms with Gasteiger partial charge in [0.2, 0.25) is 5.91 Å². The molecule has 2 heterocycles. The van der Waals surface area contributed by atoms with Crippen LogP contribution in [0.5, 0.6) is 0 Å². The van der Waals surface area contributed by atoms with E-state index in [2.05, 4.69) is 5.32 Å². The highest BCUT2D eigenvalue weighted by atomic mass is 32.1. The van der Waals surface area contributed by atoms with Crippen LogP contribution in [0.15, 0.2) is 11.4 Å². The Kier molecular flexibility index (Phi) is 5.08. The Bertz CT molecular complexity index is 483. The van der Waals surface area contributed by atoms with Crippen molar-refractivity contribution in [2.75, 3.05) is 13.1 Å². The van der Waals surface area contributed by atoms with Crippen molar-refractivity contribution >= 4 is 22.2 Å². The molecule has 110 valence electrons. The quantitative estimate of drug-likeness (QED) is 0.667. The molecule has 1 aliphatic heterocycles. The molecule has 0 bridgehead atoms. The number of hydrogen-bond donors (Lipinski definition) is 1. The van der Waals surface area contributed by atoms with Crippen LogP contribution in [0.2, 0.25) is 0 Å². The number of nitrogens with one attached hydrogen (secondary N) is 1. The fourth-order valence-electron chi connectivity index (χ4n) is 2.30. The Balaban J connectivity index is 1.82. The summed E-state index contributed by atoms with van der Waals surface area (Å²) in [5, 5.41) is 15.6. The van der Waals surface area contributed by atoms with Crippen LogP contribution in [0, 0.1) is 10.1 Å². The highest BCUT2D eigenvalue weighted by molar-refractivity contribution is 7.13. The van der Waals surface area contributed by atoms with Gasteiger partial charge in [-0.1, -0.05) is 11.3 Å². The lowest BCUT2D eigenvalue weighted by Crippen LogP contribution is -2.46. The standard InChI is InChI=1S/C13H19N3O3S/c1-10(13(17)15-5-3-2-4-6-15)14-8-11-7-12(16(18)19)20-9-11/h7,9-10,14H,2-6,8H2,1H3. The number of likely N-dealkylation sites (tertiary alicyclic amines) is 1. The lowest BCUT2D eigenvalue weighted by molar-refractivity contribution is -0.380. The van der Waals surface area contributed by atoms with Crippen molar-refractivity contribution in [1.29, 1.82) is 0 Å². The number of carbonyl (C=O) groups excluding carboxylic acids is 1. The second-order valence-corrected chi connectivity index (χ2v) is 5.93. The van der Waals surface area contributed by atoms with Gasteiger partial charge in [-0.05, 0) is 31.7 Å². The molecular formula is C13H19N3O3S. The van der Waals surface area contributed by atoms with E-state index >= 15 is 0 Å². The molecule has 2 rings (SSSR count). The molecule has 1 aliphatic rings. The monoisotopic (exact) mass is 297 g/mol. The first-order valence-electron chi connectivity index (χ1n) is 6.82. The summed E-state index contributed by atoms with van der Waals surface area (Å²) < 4.78 is 0. The second-order valence-electron chi connectivity index (χ2n) is 5.04. The molecule has 1 amide bonds. The third-order valence-corrected chi connectivity index (χ3v) is 4.40. The van der Waals surface area contributed by atoms with E-state index < -0.39 is 4.92 Å². The molecule has 7 heteroatoms. The summed E-state index contributed by atoms with van der Waals surface area (Å²) in [5.41, 5.74) is 0.847. The van der Waals surface area contributed by atoms with Crippen molar-refractivity contribution in [3.05, 3.63) is 27.1 Å². The molecular weight excluding hydrogens is 278 g/mol. The molecule has 1 saturated heterocycles. The van der Waals surface area contributed by atoms with E-state index in [0.717, 1.165) is 42.8 Å². The summed E-state index contributed by atoms with van der Waals surface area (Å²) in [6.07, 6.45) is 3.36. The first-order valence-corrected chi connectivity index (χ1v) is 7.70. The molecule has 20 heavy (non-hydrogen) atoms. The molecule has 1 atom stereocenters. The average Bonchev–Trinajstić information content (AvgIpc) is 2.94. The van der Waals surface area contributed by atoms with Crippen molar-refractivity contribution in [2.24, 2.45) is 0 Å². The highest BCUT2D eigenvalue weighted by Crippen LogP contribution is 2.22. The zero-order valence-electron chi connectivity index (χ0n) is 11.5. The van der Waals surface area contributed by atoms with Crippen LogP contribution in [-0.4, -0.2) is 34.9 Å². The van der Waals surface area contributed by atoms with Crippen molar-refractivity contribution in [1.82, 2.24) is 10.2 Å². The van der Waals surface area contributed by atoms with Gasteiger partial charge in [0.25, 0.3) is 0 Å². The minimum atomic E-state index is -0.392. The van der Waals surface area contributed by atoms with Gasteiger partial charge >= 0.3 is 5.00 Å². The summed E-state index contributed by atoms with van der Waals surface area (Å²) in [7, 11) is 0. The minimum Gasteiger partial charge on any atom is -0.341 e. The van der Waals surface area contributed by atoms with Gasteiger partial charge in [0.05, 0.1) is 11.0 Å². The van der Waals surface area contributed by atoms with E-state index in [1.165, 1.54) is 6.42 Å². The summed E-state index contributed by atoms with van der Waals surface area (Å²) >= 11 is 1.11. The first-order chi connectivity index (χ1) is 9.58. The van der Waals surface area contributed by atoms with E-state index in [-0.39, 0.29) is 17.0 Å². The van der Waals surface area contributed by atoms with E-state index in [9.17, 15) is 14.9 Å². The van der Waals surface area contributed by atoms with Crippen molar-refractivity contribution < 1.29 is 9.72 Å². The van der Waals surface area contributed by atoms with Crippen molar-refractivity contribution in [3.8, 4) is 0 Å². The van der Waals surface area contributed by atoms with Crippen LogP contribution in [-0.2, 0) is 11.3 Å². The molecule has 0 saturated carbocycles. The van der Waals surface area contributed by atoms with E-state index in [4.69, 9.17) is 0 Å². The third-order valence-electron chi connectivity index (χ3n) is 3.47. The Morgan fingerprint density at radius 3 is 2.80 bits per heavy atom. The first kappa shape index (κ1) is 14.9. The zero-order valence-corrected chi connectivity index (χ0v) is 12.3. The van der Waals surface area contributed by atoms with Crippen LogP contribution in [0.4, 0.5) is 5.00 Å². The minimum absolute atomic E-state index is 0.120. The number of rotatable bonds is 5. The number of amides is 1. The van der Waals surface area contributed by atoms with Gasteiger partial charge in [-0.2, -0.15) is 0 Å². The van der Waals surface area contributed by atoms with Crippen molar-refractivity contribution in [3.63, 3.8) is 0 Å². The number of thiophene rings is 1. The molecule has 0 aliphatic carbocycles. The van der Waals surface area contributed by atoms with Crippen LogP contribution < -0.4 is 5.32 Å². The fraction of sp³-hybridized carbons (Fsp3) is 0.615. The number of nitrogens with zero attached hydrogens (tertiary/aromatic N) is 2. The van der Waals surface area contributed by atoms with Gasteiger partial charge in [-0.25, -0.2) is 0 Å². The molecule has 0 radical (unpaired) electrons. The summed E-state index contributed by atoms with van der Waals surface area (Å²) in [6, 6.07) is 1.29. The van der Waals surface area contributed by atoms with Gasteiger partial charge in [-0.3, -0.25) is 14.9 Å². The average molecular weight is 297 g/mol. The normalized spacial score (nSPS) is 16.9. The molecule has 1 aromatic rings. The molecule has 1 N–H and O–H groups in total. The largest absolute Gasteiger partial charge is 0.341 e. The second kappa shape index (κ2) is 6.81. The summed E-state index contributed by atoms with van der Waals surface area (Å²) in [6.45, 7) is 4.01. The van der Waals surface area contributed by atoms with Crippen LogP contribution in [0.25, 0.3) is 0 Å². The lowest BCUT2D eigenvalue weighted by Gasteiger charge is -2.29. The predicted octanol–water partition coefficient (Wildman–Crippen LogP) is 2.15. The molecule has 1 aromatic heterocycles. The molecule has 0 spiro atoms. The number of piperidine rings is 1. The van der Waals surface area contributed by atoms with Crippen molar-refractivity contribution in [2.45, 2.75) is 38.8 Å². The zero-order chi connectivity index (χ0) is 14.5. The number of hydrogen-bond acceptors (Lipinski definition) is 5. The Labute approximate surface area is 121 Å². The Morgan fingerprint density at radius 1 is 1.50 bits per heavy atom. The highest BCUT2D eigenvalue weighted by Gasteiger charge is 2.21. The fourth-order valence-corrected chi connectivity index (χ4v) is 3.03. The lowest BCUT2D eigenvalue weighted by atomic mass is 10.1. The van der Waals surface area contributed by atoms with E-state index in [0.29, 0.717) is 6.54 Å². The van der Waals surface area contributed by atoms with Gasteiger partial charge in [0.1, 0.15) is 0 Å². The van der Waals surface area contributed by atoms with Gasteiger partial charge in [0.15, 0.2) is 0 Å². The molecule has 1 unspecified atom stereocenters. The van der Waals surface area contributed by atoms with Crippen LogP contribution in [0.1, 0.15) is 31.7 Å². The van der Waals surface area contributed by atoms with E-state index in [1.807, 2.05) is 11.8 Å². The maximum Gasteiger partial charge on any atom is 0.324 e. The van der Waals surface area contributed by atoms with Gasteiger partial charge < -0.3 is 10.2 Å². The molecule has 0 aromatic carbocycles.